The number of halogens is 2. The molecule has 122 valence electrons. The third-order valence-corrected chi connectivity index (χ3v) is 4.11. The topological polar surface area (TPSA) is 26.3 Å². The van der Waals surface area contributed by atoms with Gasteiger partial charge in [-0.25, -0.2) is 0 Å². The Labute approximate surface area is 147 Å². The highest BCUT2D eigenvalue weighted by Gasteiger charge is 2.21. The van der Waals surface area contributed by atoms with E-state index in [1.807, 2.05) is 25.1 Å². The Kier molecular flexibility index (Phi) is 5.38. The molecule has 0 fully saturated rings. The Hall–Kier alpha value is -1.51. The van der Waals surface area contributed by atoms with Crippen LogP contribution in [0.25, 0.3) is 0 Å². The zero-order valence-corrected chi connectivity index (χ0v) is 15.3. The lowest BCUT2D eigenvalue weighted by Crippen LogP contribution is -2.17. The smallest absolute Gasteiger partial charge is 0.315 e. The third-order valence-electron chi connectivity index (χ3n) is 3.52. The molecule has 0 spiro atoms. The van der Waals surface area contributed by atoms with E-state index >= 15 is 0 Å². The molecule has 0 bridgehead atoms. The molecule has 0 aliphatic heterocycles. The number of benzene rings is 2. The molecule has 0 N–H and O–H groups in total. The van der Waals surface area contributed by atoms with Gasteiger partial charge in [-0.2, -0.15) is 0 Å². The Morgan fingerprint density at radius 3 is 2.39 bits per heavy atom. The molecule has 0 aromatic heterocycles. The Balaban J connectivity index is 2.22. The summed E-state index contributed by atoms with van der Waals surface area (Å²) in [5.74, 6) is 0.262. The summed E-state index contributed by atoms with van der Waals surface area (Å²) in [6.07, 6.45) is 0.105. The van der Waals surface area contributed by atoms with Crippen molar-refractivity contribution in [2.75, 3.05) is 0 Å². The molecule has 0 saturated heterocycles. The average molecular weight is 351 g/mol. The molecule has 0 unspecified atom stereocenters. The minimum absolute atomic E-state index is 0.105. The van der Waals surface area contributed by atoms with Gasteiger partial charge in [-0.1, -0.05) is 62.2 Å². The van der Waals surface area contributed by atoms with E-state index in [0.29, 0.717) is 21.4 Å². The minimum atomic E-state index is -0.342. The van der Waals surface area contributed by atoms with Crippen molar-refractivity contribution in [3.8, 4) is 5.75 Å². The second-order valence-corrected chi connectivity index (χ2v) is 7.48. The molecule has 23 heavy (non-hydrogen) atoms. The SMILES string of the molecule is Cc1ccc(C(C)(C)C)c(OC(=O)Cc2ccc(Cl)cc2Cl)c1. The van der Waals surface area contributed by atoms with Crippen LogP contribution in [0.4, 0.5) is 0 Å². The minimum Gasteiger partial charge on any atom is -0.426 e. The number of hydrogen-bond donors (Lipinski definition) is 0. The fourth-order valence-electron chi connectivity index (χ4n) is 2.31. The van der Waals surface area contributed by atoms with Crippen molar-refractivity contribution in [3.63, 3.8) is 0 Å². The van der Waals surface area contributed by atoms with Crippen LogP contribution in [0.3, 0.4) is 0 Å². The number of esters is 1. The van der Waals surface area contributed by atoms with Gasteiger partial charge in [0.15, 0.2) is 0 Å². The molecule has 2 aromatic rings. The van der Waals surface area contributed by atoms with Crippen LogP contribution in [0.5, 0.6) is 5.75 Å². The fraction of sp³-hybridized carbons (Fsp3) is 0.316. The fourth-order valence-corrected chi connectivity index (χ4v) is 2.79. The van der Waals surface area contributed by atoms with Gasteiger partial charge in [0, 0.05) is 15.6 Å². The highest BCUT2D eigenvalue weighted by Crippen LogP contribution is 2.32. The molecule has 0 heterocycles. The van der Waals surface area contributed by atoms with E-state index in [0.717, 1.165) is 11.1 Å². The first kappa shape index (κ1) is 17.8. The monoisotopic (exact) mass is 350 g/mol. The normalized spacial score (nSPS) is 11.4. The largest absolute Gasteiger partial charge is 0.426 e. The lowest BCUT2D eigenvalue weighted by atomic mass is 9.86. The van der Waals surface area contributed by atoms with Crippen LogP contribution < -0.4 is 4.74 Å². The highest BCUT2D eigenvalue weighted by molar-refractivity contribution is 6.35. The second kappa shape index (κ2) is 6.94. The number of ether oxygens (including phenoxy) is 1. The van der Waals surface area contributed by atoms with Crippen LogP contribution in [0.2, 0.25) is 10.0 Å². The summed E-state index contributed by atoms with van der Waals surface area (Å²) < 4.78 is 5.61. The zero-order chi connectivity index (χ0) is 17.2. The average Bonchev–Trinajstić information content (AvgIpc) is 2.40. The molecule has 0 aliphatic rings. The summed E-state index contributed by atoms with van der Waals surface area (Å²) in [5.41, 5.74) is 2.64. The highest BCUT2D eigenvalue weighted by atomic mass is 35.5. The molecule has 0 atom stereocenters. The lowest BCUT2D eigenvalue weighted by Gasteiger charge is -2.22. The quantitative estimate of drug-likeness (QED) is 0.520. The van der Waals surface area contributed by atoms with Crippen LogP contribution in [-0.4, -0.2) is 5.97 Å². The molecular weight excluding hydrogens is 331 g/mol. The molecule has 0 amide bonds. The first-order valence-electron chi connectivity index (χ1n) is 7.42. The molecule has 0 radical (unpaired) electrons. The molecule has 0 aliphatic carbocycles. The van der Waals surface area contributed by atoms with E-state index in [-0.39, 0.29) is 17.8 Å². The molecule has 2 nitrogen and oxygen atoms in total. The van der Waals surface area contributed by atoms with E-state index in [9.17, 15) is 4.79 Å². The summed E-state index contributed by atoms with van der Waals surface area (Å²) in [5, 5.41) is 1.01. The number of carbonyl (C=O) groups excluding carboxylic acids is 1. The molecular formula is C19H20Cl2O2. The van der Waals surface area contributed by atoms with Crippen molar-refractivity contribution in [1.29, 1.82) is 0 Å². The summed E-state index contributed by atoms with van der Waals surface area (Å²) >= 11 is 12.0. The van der Waals surface area contributed by atoms with Crippen molar-refractivity contribution >= 4 is 29.2 Å². The van der Waals surface area contributed by atoms with Crippen molar-refractivity contribution in [2.45, 2.75) is 39.5 Å². The van der Waals surface area contributed by atoms with Gasteiger partial charge in [-0.3, -0.25) is 4.79 Å². The van der Waals surface area contributed by atoms with Crippen LogP contribution in [0.15, 0.2) is 36.4 Å². The van der Waals surface area contributed by atoms with Gasteiger partial charge in [0.2, 0.25) is 0 Å². The van der Waals surface area contributed by atoms with Gasteiger partial charge in [0.1, 0.15) is 5.75 Å². The predicted octanol–water partition coefficient (Wildman–Crippen LogP) is 5.75. The molecule has 2 aromatic carbocycles. The van der Waals surface area contributed by atoms with Gasteiger partial charge >= 0.3 is 5.97 Å². The van der Waals surface area contributed by atoms with E-state index in [4.69, 9.17) is 27.9 Å². The maximum Gasteiger partial charge on any atom is 0.315 e. The summed E-state index contributed by atoms with van der Waals surface area (Å²) in [6, 6.07) is 11.0. The van der Waals surface area contributed by atoms with Crippen molar-refractivity contribution < 1.29 is 9.53 Å². The van der Waals surface area contributed by atoms with E-state index in [1.165, 1.54) is 0 Å². The standard InChI is InChI=1S/C19H20Cl2O2/c1-12-5-8-15(19(2,3)4)17(9-12)23-18(22)10-13-6-7-14(20)11-16(13)21/h5-9,11H,10H2,1-4H3. The van der Waals surface area contributed by atoms with E-state index in [2.05, 4.69) is 20.8 Å². The zero-order valence-electron chi connectivity index (χ0n) is 13.7. The Morgan fingerprint density at radius 2 is 1.78 bits per heavy atom. The van der Waals surface area contributed by atoms with E-state index in [1.54, 1.807) is 18.2 Å². The van der Waals surface area contributed by atoms with Gasteiger partial charge in [-0.15, -0.1) is 0 Å². The second-order valence-electron chi connectivity index (χ2n) is 6.64. The summed E-state index contributed by atoms with van der Waals surface area (Å²) in [7, 11) is 0. The van der Waals surface area contributed by atoms with Crippen LogP contribution in [0, 0.1) is 6.92 Å². The molecule has 4 heteroatoms. The van der Waals surface area contributed by atoms with Crippen molar-refractivity contribution in [3.05, 3.63) is 63.1 Å². The van der Waals surface area contributed by atoms with Crippen LogP contribution in [0.1, 0.15) is 37.5 Å². The summed E-state index contributed by atoms with van der Waals surface area (Å²) in [6.45, 7) is 8.24. The van der Waals surface area contributed by atoms with Gasteiger partial charge in [0.05, 0.1) is 6.42 Å². The van der Waals surface area contributed by atoms with Crippen LogP contribution in [-0.2, 0) is 16.6 Å². The number of hydrogen-bond acceptors (Lipinski definition) is 2. The van der Waals surface area contributed by atoms with Gasteiger partial charge < -0.3 is 4.74 Å². The summed E-state index contributed by atoms with van der Waals surface area (Å²) in [4.78, 5) is 12.3. The third kappa shape index (κ3) is 4.73. The maximum atomic E-state index is 12.3. The van der Waals surface area contributed by atoms with Crippen LogP contribution >= 0.6 is 23.2 Å². The maximum absolute atomic E-state index is 12.3. The van der Waals surface area contributed by atoms with Gasteiger partial charge in [-0.05, 0) is 41.7 Å². The predicted molar refractivity (Wildman–Crippen MR) is 95.7 cm³/mol. The molecule has 2 rings (SSSR count). The number of aryl methyl sites for hydroxylation is 1. The van der Waals surface area contributed by atoms with Crippen molar-refractivity contribution in [2.24, 2.45) is 0 Å². The first-order valence-corrected chi connectivity index (χ1v) is 8.18. The van der Waals surface area contributed by atoms with Gasteiger partial charge in [0.25, 0.3) is 0 Å². The number of carbonyl (C=O) groups is 1. The Morgan fingerprint density at radius 1 is 1.09 bits per heavy atom. The lowest BCUT2D eigenvalue weighted by molar-refractivity contribution is -0.133. The first-order chi connectivity index (χ1) is 10.7. The Bertz CT molecular complexity index is 731. The molecule has 0 saturated carbocycles. The van der Waals surface area contributed by atoms with E-state index < -0.39 is 0 Å². The van der Waals surface area contributed by atoms with Crippen molar-refractivity contribution in [1.82, 2.24) is 0 Å². The number of rotatable bonds is 3.